The fourth-order valence-corrected chi connectivity index (χ4v) is 6.04. The maximum absolute atomic E-state index is 14.5. The summed E-state index contributed by atoms with van der Waals surface area (Å²) in [5.41, 5.74) is 2.58. The second-order valence-corrected chi connectivity index (χ2v) is 13.8. The standard InChI is InChI=1S/C37H42FN7O6/c1-21-29(18-27(35(48)49)19-30(21)38)24-9-5-22(6-10-24)17-31(34(47)40-28-15-13-25(14-16-28)32-42-44-45-43-32)41-33(46)26-11-7-23(8-12-26)20-39-36(50)51-37(2,3)4/h5-6,9-10,13-16,18-19,23,26,31H,7-8,11-12,17,20H2,1-4H3,(H,39,50)(H,40,47)(H,41,46)(H,48,49)(H,42,43,44,45)/t23?,26?,31-/m0/s1. The number of H-pyrrole nitrogens is 1. The van der Waals surface area contributed by atoms with E-state index in [1.165, 1.54) is 6.07 Å². The van der Waals surface area contributed by atoms with Crippen molar-refractivity contribution in [3.05, 3.63) is 83.2 Å². The van der Waals surface area contributed by atoms with Crippen LogP contribution >= 0.6 is 0 Å². The summed E-state index contributed by atoms with van der Waals surface area (Å²) < 4.78 is 19.9. The van der Waals surface area contributed by atoms with Crippen molar-refractivity contribution < 1.29 is 33.4 Å². The van der Waals surface area contributed by atoms with E-state index in [9.17, 15) is 28.7 Å². The number of carboxylic acid groups (broad SMARTS) is 1. The fourth-order valence-electron chi connectivity index (χ4n) is 6.04. The largest absolute Gasteiger partial charge is 0.478 e. The Labute approximate surface area is 294 Å². The van der Waals surface area contributed by atoms with Crippen LogP contribution < -0.4 is 16.0 Å². The molecule has 0 aliphatic heterocycles. The number of alkyl carbamates (subject to hydrolysis) is 1. The minimum Gasteiger partial charge on any atom is -0.478 e. The lowest BCUT2D eigenvalue weighted by molar-refractivity contribution is -0.130. The summed E-state index contributed by atoms with van der Waals surface area (Å²) in [6.45, 7) is 7.46. The van der Waals surface area contributed by atoms with Gasteiger partial charge in [0.1, 0.15) is 17.5 Å². The number of carbonyl (C=O) groups is 4. The molecule has 1 heterocycles. The van der Waals surface area contributed by atoms with Crippen LogP contribution in [0.2, 0.25) is 0 Å². The molecule has 51 heavy (non-hydrogen) atoms. The molecule has 5 N–H and O–H groups in total. The predicted molar refractivity (Wildman–Crippen MR) is 187 cm³/mol. The van der Waals surface area contributed by atoms with E-state index in [0.717, 1.165) is 24.5 Å². The lowest BCUT2D eigenvalue weighted by Gasteiger charge is -2.29. The second kappa shape index (κ2) is 15.9. The van der Waals surface area contributed by atoms with Crippen LogP contribution in [-0.2, 0) is 20.7 Å². The topological polar surface area (TPSA) is 188 Å². The van der Waals surface area contributed by atoms with Crippen LogP contribution in [0.5, 0.6) is 0 Å². The van der Waals surface area contributed by atoms with Crippen molar-refractivity contribution in [1.29, 1.82) is 0 Å². The van der Waals surface area contributed by atoms with Gasteiger partial charge in [0.15, 0.2) is 0 Å². The predicted octanol–water partition coefficient (Wildman–Crippen LogP) is 5.68. The van der Waals surface area contributed by atoms with Crippen LogP contribution in [0.25, 0.3) is 22.5 Å². The van der Waals surface area contributed by atoms with Crippen LogP contribution in [0.4, 0.5) is 14.9 Å². The van der Waals surface area contributed by atoms with Crippen LogP contribution in [-0.4, -0.2) is 67.8 Å². The van der Waals surface area contributed by atoms with Gasteiger partial charge in [0.25, 0.3) is 0 Å². The Balaban J connectivity index is 1.27. The fraction of sp³-hybridized carbons (Fsp3) is 0.378. The SMILES string of the molecule is Cc1c(F)cc(C(=O)O)cc1-c1ccc(C[C@H](NC(=O)C2CCC(CNC(=O)OC(C)(C)C)CC2)C(=O)Nc2ccc(-c3nn[nH]n3)cc2)cc1. The summed E-state index contributed by atoms with van der Waals surface area (Å²) in [5.74, 6) is -2.17. The van der Waals surface area contributed by atoms with Crippen molar-refractivity contribution in [2.24, 2.45) is 11.8 Å². The van der Waals surface area contributed by atoms with Gasteiger partial charge in [0.2, 0.25) is 17.6 Å². The maximum atomic E-state index is 14.5. The molecular formula is C37H42FN7O6. The highest BCUT2D eigenvalue weighted by atomic mass is 19.1. The summed E-state index contributed by atoms with van der Waals surface area (Å²) in [6, 6.07) is 15.4. The van der Waals surface area contributed by atoms with E-state index in [-0.39, 0.29) is 29.7 Å². The first kappa shape index (κ1) is 36.6. The Morgan fingerprint density at radius 3 is 2.25 bits per heavy atom. The van der Waals surface area contributed by atoms with Crippen LogP contribution in [0.15, 0.2) is 60.7 Å². The molecule has 1 fully saturated rings. The number of aromatic carboxylic acids is 1. The first-order valence-corrected chi connectivity index (χ1v) is 16.8. The molecule has 4 aromatic rings. The average Bonchev–Trinajstić information content (AvgIpc) is 3.64. The number of nitrogens with zero attached hydrogens (tertiary/aromatic N) is 3. The number of aromatic nitrogens is 4. The van der Waals surface area contributed by atoms with Crippen molar-refractivity contribution in [3.63, 3.8) is 0 Å². The lowest BCUT2D eigenvalue weighted by atomic mass is 9.81. The van der Waals surface area contributed by atoms with Gasteiger partial charge in [-0.25, -0.2) is 14.0 Å². The third-order valence-corrected chi connectivity index (χ3v) is 8.84. The van der Waals surface area contributed by atoms with E-state index in [1.807, 2.05) is 0 Å². The Bertz CT molecular complexity index is 1850. The summed E-state index contributed by atoms with van der Waals surface area (Å²) in [5, 5.41) is 32.0. The first-order valence-electron chi connectivity index (χ1n) is 16.8. The third-order valence-electron chi connectivity index (χ3n) is 8.84. The highest BCUT2D eigenvalue weighted by Gasteiger charge is 2.30. The number of tetrazole rings is 1. The average molecular weight is 700 g/mol. The number of hydrogen-bond acceptors (Lipinski definition) is 8. The monoisotopic (exact) mass is 699 g/mol. The zero-order valence-electron chi connectivity index (χ0n) is 29.0. The number of aromatic amines is 1. The molecule has 14 heteroatoms. The Kier molecular flexibility index (Phi) is 11.4. The molecule has 1 aliphatic rings. The molecule has 3 amide bonds. The van der Waals surface area contributed by atoms with Gasteiger partial charge in [-0.2, -0.15) is 5.21 Å². The number of ether oxygens (including phenoxy) is 1. The number of hydrogen-bond donors (Lipinski definition) is 5. The van der Waals surface area contributed by atoms with Gasteiger partial charge in [-0.05, 0) is 123 Å². The van der Waals surface area contributed by atoms with E-state index in [1.54, 1.807) is 76.2 Å². The number of amides is 3. The molecule has 5 rings (SSSR count). The smallest absolute Gasteiger partial charge is 0.407 e. The van der Waals surface area contributed by atoms with Gasteiger partial charge >= 0.3 is 12.1 Å². The van der Waals surface area contributed by atoms with Crippen LogP contribution in [0.3, 0.4) is 0 Å². The van der Waals surface area contributed by atoms with Crippen molar-refractivity contribution >= 4 is 29.6 Å². The van der Waals surface area contributed by atoms with Gasteiger partial charge in [0.05, 0.1) is 5.56 Å². The van der Waals surface area contributed by atoms with E-state index in [4.69, 9.17) is 4.74 Å². The van der Waals surface area contributed by atoms with E-state index in [2.05, 4.69) is 36.6 Å². The van der Waals surface area contributed by atoms with Crippen molar-refractivity contribution in [2.45, 2.75) is 71.4 Å². The first-order chi connectivity index (χ1) is 24.3. The molecule has 1 aliphatic carbocycles. The number of benzene rings is 3. The minimum atomic E-state index is -1.23. The zero-order chi connectivity index (χ0) is 36.7. The minimum absolute atomic E-state index is 0.157. The number of halogens is 1. The lowest BCUT2D eigenvalue weighted by Crippen LogP contribution is -2.48. The van der Waals surface area contributed by atoms with Gasteiger partial charge in [-0.1, -0.05) is 24.3 Å². The molecule has 268 valence electrons. The Morgan fingerprint density at radius 2 is 1.65 bits per heavy atom. The van der Waals surface area contributed by atoms with Crippen LogP contribution in [0, 0.1) is 24.6 Å². The molecular weight excluding hydrogens is 657 g/mol. The molecule has 1 saturated carbocycles. The molecule has 1 atom stereocenters. The van der Waals surface area contributed by atoms with E-state index >= 15 is 0 Å². The summed E-state index contributed by atoms with van der Waals surface area (Å²) in [6.07, 6.45) is 2.39. The highest BCUT2D eigenvalue weighted by Crippen LogP contribution is 2.30. The van der Waals surface area contributed by atoms with Gasteiger partial charge < -0.3 is 25.8 Å². The molecule has 13 nitrogen and oxygen atoms in total. The quantitative estimate of drug-likeness (QED) is 0.131. The van der Waals surface area contributed by atoms with Crippen LogP contribution in [0.1, 0.15) is 67.9 Å². The van der Waals surface area contributed by atoms with Gasteiger partial charge in [-0.15, -0.1) is 10.2 Å². The highest BCUT2D eigenvalue weighted by molar-refractivity contribution is 5.98. The number of carbonyl (C=O) groups excluding carboxylic acids is 3. The van der Waals surface area contributed by atoms with E-state index < -0.39 is 35.4 Å². The summed E-state index contributed by atoms with van der Waals surface area (Å²) in [7, 11) is 0. The number of carboxylic acids is 1. The molecule has 0 bridgehead atoms. The molecule has 1 aromatic heterocycles. The second-order valence-electron chi connectivity index (χ2n) is 13.8. The van der Waals surface area contributed by atoms with Crippen molar-refractivity contribution in [2.75, 3.05) is 11.9 Å². The number of nitrogens with one attached hydrogen (secondary N) is 4. The maximum Gasteiger partial charge on any atom is 0.407 e. The van der Waals surface area contributed by atoms with E-state index in [0.29, 0.717) is 53.2 Å². The number of rotatable bonds is 11. The zero-order valence-corrected chi connectivity index (χ0v) is 29.0. The third kappa shape index (κ3) is 9.96. The Hall–Kier alpha value is -5.66. The normalized spacial score (nSPS) is 16.5. The molecule has 0 spiro atoms. The summed E-state index contributed by atoms with van der Waals surface area (Å²) >= 11 is 0. The number of anilines is 1. The molecule has 3 aromatic carbocycles. The molecule has 0 saturated heterocycles. The molecule has 0 radical (unpaired) electrons. The van der Waals surface area contributed by atoms with Gasteiger partial charge in [0, 0.05) is 30.1 Å². The Morgan fingerprint density at radius 1 is 0.980 bits per heavy atom. The summed E-state index contributed by atoms with van der Waals surface area (Å²) in [4.78, 5) is 50.9. The van der Waals surface area contributed by atoms with Gasteiger partial charge in [-0.3, -0.25) is 9.59 Å². The molecule has 0 unspecified atom stereocenters. The van der Waals surface area contributed by atoms with Crippen molar-refractivity contribution in [1.82, 2.24) is 31.3 Å². The van der Waals surface area contributed by atoms with Crippen molar-refractivity contribution in [3.8, 4) is 22.5 Å².